The van der Waals surface area contributed by atoms with Gasteiger partial charge < -0.3 is 5.32 Å². The molecular weight excluding hydrogens is 284 g/mol. The van der Waals surface area contributed by atoms with Crippen LogP contribution in [0, 0.1) is 11.8 Å². The SMILES string of the molecule is O=C(Nc1ccc(C#Cc2ccncc2)cc1)c1ccccc1. The second-order valence-electron chi connectivity index (χ2n) is 4.88. The van der Waals surface area contributed by atoms with Crippen LogP contribution >= 0.6 is 0 Å². The van der Waals surface area contributed by atoms with Gasteiger partial charge in [0, 0.05) is 34.8 Å². The van der Waals surface area contributed by atoms with Crippen LogP contribution in [0.3, 0.4) is 0 Å². The van der Waals surface area contributed by atoms with Crippen molar-refractivity contribution in [2.45, 2.75) is 0 Å². The number of nitrogens with zero attached hydrogens (tertiary/aromatic N) is 1. The highest BCUT2D eigenvalue weighted by molar-refractivity contribution is 6.04. The molecular formula is C20H14N2O. The van der Waals surface area contributed by atoms with Crippen LogP contribution in [0.5, 0.6) is 0 Å². The van der Waals surface area contributed by atoms with E-state index in [1.165, 1.54) is 0 Å². The average Bonchev–Trinajstić information content (AvgIpc) is 2.63. The summed E-state index contributed by atoms with van der Waals surface area (Å²) in [5.74, 6) is 6.03. The first-order valence-corrected chi connectivity index (χ1v) is 7.20. The number of anilines is 1. The zero-order valence-electron chi connectivity index (χ0n) is 12.4. The lowest BCUT2D eigenvalue weighted by Crippen LogP contribution is -2.11. The van der Waals surface area contributed by atoms with Crippen molar-refractivity contribution in [3.05, 3.63) is 95.8 Å². The number of amides is 1. The van der Waals surface area contributed by atoms with Gasteiger partial charge in [0.25, 0.3) is 5.91 Å². The molecule has 23 heavy (non-hydrogen) atoms. The first kappa shape index (κ1) is 14.6. The van der Waals surface area contributed by atoms with Gasteiger partial charge in [0.05, 0.1) is 0 Å². The number of benzene rings is 2. The summed E-state index contributed by atoms with van der Waals surface area (Å²) >= 11 is 0. The van der Waals surface area contributed by atoms with Crippen LogP contribution in [-0.2, 0) is 0 Å². The number of rotatable bonds is 2. The fourth-order valence-corrected chi connectivity index (χ4v) is 2.01. The molecule has 2 aromatic carbocycles. The van der Waals surface area contributed by atoms with Gasteiger partial charge in [0.1, 0.15) is 0 Å². The normalized spacial score (nSPS) is 9.57. The Balaban J connectivity index is 1.68. The molecule has 0 fully saturated rings. The molecule has 3 rings (SSSR count). The van der Waals surface area contributed by atoms with Crippen molar-refractivity contribution >= 4 is 11.6 Å². The molecule has 3 nitrogen and oxygen atoms in total. The number of hydrogen-bond acceptors (Lipinski definition) is 2. The maximum absolute atomic E-state index is 12.1. The van der Waals surface area contributed by atoms with Gasteiger partial charge in [-0.15, -0.1) is 0 Å². The first-order chi connectivity index (χ1) is 11.3. The van der Waals surface area contributed by atoms with Gasteiger partial charge >= 0.3 is 0 Å². The van der Waals surface area contributed by atoms with Crippen LogP contribution in [0.15, 0.2) is 79.1 Å². The van der Waals surface area contributed by atoms with Gasteiger partial charge in [0.15, 0.2) is 0 Å². The fourth-order valence-electron chi connectivity index (χ4n) is 2.01. The van der Waals surface area contributed by atoms with Crippen molar-refractivity contribution in [1.82, 2.24) is 4.98 Å². The zero-order valence-corrected chi connectivity index (χ0v) is 12.4. The van der Waals surface area contributed by atoms with Gasteiger partial charge in [-0.25, -0.2) is 0 Å². The van der Waals surface area contributed by atoms with Gasteiger partial charge in [0.2, 0.25) is 0 Å². The van der Waals surface area contributed by atoms with E-state index in [1.807, 2.05) is 54.6 Å². The predicted molar refractivity (Wildman–Crippen MR) is 91.1 cm³/mol. The molecule has 1 amide bonds. The highest BCUT2D eigenvalue weighted by atomic mass is 16.1. The first-order valence-electron chi connectivity index (χ1n) is 7.20. The molecule has 0 aliphatic heterocycles. The molecule has 3 heteroatoms. The van der Waals surface area contributed by atoms with Gasteiger partial charge in [-0.2, -0.15) is 0 Å². The lowest BCUT2D eigenvalue weighted by molar-refractivity contribution is 0.102. The maximum atomic E-state index is 12.1. The van der Waals surface area contributed by atoms with E-state index in [0.29, 0.717) is 5.56 Å². The Labute approximate surface area is 135 Å². The van der Waals surface area contributed by atoms with E-state index in [4.69, 9.17) is 0 Å². The summed E-state index contributed by atoms with van der Waals surface area (Å²) in [7, 11) is 0. The standard InChI is InChI=1S/C20H14N2O/c23-20(18-4-2-1-3-5-18)22-19-10-8-16(9-11-19)6-7-17-12-14-21-15-13-17/h1-5,8-15H,(H,22,23). The average molecular weight is 298 g/mol. The van der Waals surface area contributed by atoms with E-state index in [2.05, 4.69) is 22.1 Å². The Morgan fingerprint density at radius 2 is 1.39 bits per heavy atom. The van der Waals surface area contributed by atoms with Crippen molar-refractivity contribution in [2.75, 3.05) is 5.32 Å². The third kappa shape index (κ3) is 4.05. The number of nitrogens with one attached hydrogen (secondary N) is 1. The number of carbonyl (C=O) groups is 1. The van der Waals surface area contributed by atoms with Gasteiger partial charge in [-0.05, 0) is 48.5 Å². The van der Waals surface area contributed by atoms with Crippen LogP contribution in [0.2, 0.25) is 0 Å². The molecule has 0 bridgehead atoms. The van der Waals surface area contributed by atoms with Crippen LogP contribution < -0.4 is 5.32 Å². The Bertz CT molecular complexity index is 845. The van der Waals surface area contributed by atoms with Crippen LogP contribution in [0.1, 0.15) is 21.5 Å². The third-order valence-corrected chi connectivity index (χ3v) is 3.21. The summed E-state index contributed by atoms with van der Waals surface area (Å²) in [4.78, 5) is 16.0. The number of carbonyl (C=O) groups excluding carboxylic acids is 1. The van der Waals surface area contributed by atoms with E-state index >= 15 is 0 Å². The topological polar surface area (TPSA) is 42.0 Å². The summed E-state index contributed by atoms with van der Waals surface area (Å²) in [5.41, 5.74) is 3.18. The molecule has 0 unspecified atom stereocenters. The fraction of sp³-hybridized carbons (Fsp3) is 0. The molecule has 0 atom stereocenters. The summed E-state index contributed by atoms with van der Waals surface area (Å²) in [5, 5.41) is 2.86. The minimum absolute atomic E-state index is 0.124. The van der Waals surface area contributed by atoms with Gasteiger partial charge in [-0.1, -0.05) is 30.0 Å². The van der Waals surface area contributed by atoms with Gasteiger partial charge in [-0.3, -0.25) is 9.78 Å². The van der Waals surface area contributed by atoms with E-state index in [9.17, 15) is 4.79 Å². The van der Waals surface area contributed by atoms with E-state index in [-0.39, 0.29) is 5.91 Å². The van der Waals surface area contributed by atoms with Crippen molar-refractivity contribution in [3.8, 4) is 11.8 Å². The zero-order chi connectivity index (χ0) is 15.9. The molecule has 1 aromatic heterocycles. The lowest BCUT2D eigenvalue weighted by Gasteiger charge is -2.05. The molecule has 0 aliphatic carbocycles. The Morgan fingerprint density at radius 3 is 2.04 bits per heavy atom. The molecule has 1 N–H and O–H groups in total. The summed E-state index contributed by atoms with van der Waals surface area (Å²) in [6, 6.07) is 20.3. The molecule has 0 radical (unpaired) electrons. The number of aromatic nitrogens is 1. The highest BCUT2D eigenvalue weighted by Crippen LogP contribution is 2.11. The third-order valence-electron chi connectivity index (χ3n) is 3.21. The smallest absolute Gasteiger partial charge is 0.255 e. The molecule has 0 aliphatic rings. The largest absolute Gasteiger partial charge is 0.322 e. The summed E-state index contributed by atoms with van der Waals surface area (Å²) in [6.45, 7) is 0. The molecule has 0 spiro atoms. The second kappa shape index (κ2) is 7.06. The molecule has 1 heterocycles. The Morgan fingerprint density at radius 1 is 0.783 bits per heavy atom. The Kier molecular flexibility index (Phi) is 4.47. The van der Waals surface area contributed by atoms with Crippen LogP contribution in [0.4, 0.5) is 5.69 Å². The van der Waals surface area contributed by atoms with Crippen molar-refractivity contribution < 1.29 is 4.79 Å². The van der Waals surface area contributed by atoms with E-state index in [0.717, 1.165) is 16.8 Å². The highest BCUT2D eigenvalue weighted by Gasteiger charge is 2.04. The minimum atomic E-state index is -0.124. The quantitative estimate of drug-likeness (QED) is 0.732. The minimum Gasteiger partial charge on any atom is -0.322 e. The Hall–Kier alpha value is -3.38. The summed E-state index contributed by atoms with van der Waals surface area (Å²) < 4.78 is 0. The second-order valence-corrected chi connectivity index (χ2v) is 4.88. The van der Waals surface area contributed by atoms with Crippen molar-refractivity contribution in [2.24, 2.45) is 0 Å². The molecule has 3 aromatic rings. The molecule has 110 valence electrons. The number of pyridine rings is 1. The van der Waals surface area contributed by atoms with E-state index < -0.39 is 0 Å². The molecule has 0 saturated carbocycles. The van der Waals surface area contributed by atoms with Crippen LogP contribution in [0.25, 0.3) is 0 Å². The molecule has 0 saturated heterocycles. The van der Waals surface area contributed by atoms with Crippen molar-refractivity contribution in [1.29, 1.82) is 0 Å². The summed E-state index contributed by atoms with van der Waals surface area (Å²) in [6.07, 6.45) is 3.43. The monoisotopic (exact) mass is 298 g/mol. The van der Waals surface area contributed by atoms with E-state index in [1.54, 1.807) is 24.5 Å². The number of hydrogen-bond donors (Lipinski definition) is 1. The lowest BCUT2D eigenvalue weighted by atomic mass is 10.1. The maximum Gasteiger partial charge on any atom is 0.255 e. The predicted octanol–water partition coefficient (Wildman–Crippen LogP) is 3.73. The van der Waals surface area contributed by atoms with Crippen LogP contribution in [-0.4, -0.2) is 10.9 Å². The van der Waals surface area contributed by atoms with Crippen molar-refractivity contribution in [3.63, 3.8) is 0 Å².